The number of ether oxygens (including phenoxy) is 1. The van der Waals surface area contributed by atoms with Crippen LogP contribution in [-0.2, 0) is 5.41 Å². The molecule has 3 heterocycles. The summed E-state index contributed by atoms with van der Waals surface area (Å²) >= 11 is 0. The van der Waals surface area contributed by atoms with E-state index < -0.39 is 11.6 Å². The minimum Gasteiger partial charge on any atom is -0.457 e. The molecule has 9 aromatic carbocycles. The number of nitrogens with one attached hydrogen (secondary N) is 1. The van der Waals surface area contributed by atoms with Crippen molar-refractivity contribution in [1.82, 2.24) is 10.3 Å². The molecule has 1 aromatic heterocycles. The lowest BCUT2D eigenvalue weighted by Crippen LogP contribution is -2.36. The van der Waals surface area contributed by atoms with Crippen molar-refractivity contribution in [2.24, 2.45) is 9.98 Å². The maximum absolute atomic E-state index is 6.68. The normalized spacial score (nSPS) is 15.3. The first-order chi connectivity index (χ1) is 31.7. The van der Waals surface area contributed by atoms with E-state index in [2.05, 4.69) is 199 Å². The van der Waals surface area contributed by atoms with Gasteiger partial charge in [0.2, 0.25) is 0 Å². The molecule has 10 aromatic rings. The molecule has 0 saturated carbocycles. The van der Waals surface area contributed by atoms with E-state index >= 15 is 0 Å². The number of hydrogen-bond acceptors (Lipinski definition) is 5. The highest BCUT2D eigenvalue weighted by molar-refractivity contribution is 6.17. The maximum atomic E-state index is 6.68. The largest absolute Gasteiger partial charge is 0.457 e. The van der Waals surface area contributed by atoms with Crippen molar-refractivity contribution >= 4 is 33.3 Å². The number of aromatic nitrogens is 1. The summed E-state index contributed by atoms with van der Waals surface area (Å²) in [6, 6.07) is 77.3. The van der Waals surface area contributed by atoms with E-state index in [9.17, 15) is 0 Å². The molecule has 13 rings (SSSR count). The lowest BCUT2D eigenvalue weighted by atomic mass is 9.66. The second kappa shape index (κ2) is 14.3. The zero-order valence-electron chi connectivity index (χ0n) is 34.6. The SMILES string of the molecule is c1ccc(C2=NC(c3ccc4nc(-c5ccccc5)c5cc6c(cc5c4c3)C3(c4ccccc4Oc4ccccc43)c3ccccc3-6)N=C(c3ccc(-c4ccccc4)cc3)N2)cc1. The standard InChI is InChI=1S/C59H38N4O/c1-4-16-37(17-5-1)38-28-30-41(31-29-38)57-61-56(40-20-8-3-9-21-40)62-58(63-57)42-32-33-52-46(34-42)44-36-51-45(35-47(44)55(60-52)39-18-6-2-7-19-39)43-22-10-11-23-48(43)59(51)49-24-12-14-26-53(49)64-54-27-15-13-25-50(54)59/h1-36,58H,(H,61,62,63). The predicted molar refractivity (Wildman–Crippen MR) is 259 cm³/mol. The third kappa shape index (κ3) is 5.54. The molecule has 5 heteroatoms. The van der Waals surface area contributed by atoms with E-state index in [1.54, 1.807) is 0 Å². The molecule has 64 heavy (non-hydrogen) atoms. The van der Waals surface area contributed by atoms with Crippen molar-refractivity contribution in [2.75, 3.05) is 0 Å². The monoisotopic (exact) mass is 818 g/mol. The van der Waals surface area contributed by atoms with Crippen molar-refractivity contribution in [1.29, 1.82) is 0 Å². The first kappa shape index (κ1) is 36.3. The van der Waals surface area contributed by atoms with Gasteiger partial charge in [0.05, 0.1) is 16.6 Å². The van der Waals surface area contributed by atoms with Crippen molar-refractivity contribution in [2.45, 2.75) is 11.6 Å². The lowest BCUT2D eigenvalue weighted by molar-refractivity contribution is 0.436. The molecular weight excluding hydrogens is 781 g/mol. The molecule has 1 unspecified atom stereocenters. The van der Waals surface area contributed by atoms with Crippen LogP contribution in [-0.4, -0.2) is 16.7 Å². The Labute approximate surface area is 370 Å². The maximum Gasteiger partial charge on any atom is 0.169 e. The molecule has 3 aliphatic rings. The molecule has 1 spiro atoms. The Kier molecular flexibility index (Phi) is 8.12. The summed E-state index contributed by atoms with van der Waals surface area (Å²) in [6.07, 6.45) is -0.507. The molecule has 0 saturated heterocycles. The summed E-state index contributed by atoms with van der Waals surface area (Å²) in [5.41, 5.74) is 14.8. The van der Waals surface area contributed by atoms with Crippen molar-refractivity contribution in [3.63, 3.8) is 0 Å². The molecule has 5 nitrogen and oxygen atoms in total. The number of pyridine rings is 1. The van der Waals surface area contributed by atoms with E-state index in [0.29, 0.717) is 0 Å². The summed E-state index contributed by atoms with van der Waals surface area (Å²) in [6.45, 7) is 0. The van der Waals surface area contributed by atoms with Gasteiger partial charge in [-0.05, 0) is 80.7 Å². The third-order valence-corrected chi connectivity index (χ3v) is 13.2. The fourth-order valence-electron chi connectivity index (χ4n) is 10.3. The Morgan fingerprint density at radius 1 is 0.391 bits per heavy atom. The average Bonchev–Trinajstić information content (AvgIpc) is 3.65. The molecule has 0 bridgehead atoms. The van der Waals surface area contributed by atoms with Crippen LogP contribution in [0.4, 0.5) is 0 Å². The minimum atomic E-state index is -0.606. The van der Waals surface area contributed by atoms with Gasteiger partial charge in [-0.15, -0.1) is 0 Å². The van der Waals surface area contributed by atoms with Crippen molar-refractivity contribution in [3.8, 4) is 45.0 Å². The Morgan fingerprint density at radius 2 is 0.922 bits per heavy atom. The van der Waals surface area contributed by atoms with Crippen LogP contribution < -0.4 is 10.1 Å². The Morgan fingerprint density at radius 3 is 1.59 bits per heavy atom. The van der Waals surface area contributed by atoms with Crippen LogP contribution in [0.1, 0.15) is 45.1 Å². The number of nitrogens with zero attached hydrogens (tertiary/aromatic N) is 3. The third-order valence-electron chi connectivity index (χ3n) is 13.2. The van der Waals surface area contributed by atoms with Gasteiger partial charge < -0.3 is 10.1 Å². The van der Waals surface area contributed by atoms with Crippen LogP contribution in [0.3, 0.4) is 0 Å². The van der Waals surface area contributed by atoms with Gasteiger partial charge >= 0.3 is 0 Å². The molecule has 2 aliphatic heterocycles. The van der Waals surface area contributed by atoms with E-state index in [1.807, 2.05) is 24.3 Å². The molecule has 0 radical (unpaired) electrons. The second-order valence-corrected chi connectivity index (χ2v) is 16.7. The fourth-order valence-corrected chi connectivity index (χ4v) is 10.3. The summed E-state index contributed by atoms with van der Waals surface area (Å²) < 4.78 is 6.68. The average molecular weight is 819 g/mol. The first-order valence-electron chi connectivity index (χ1n) is 21.8. The van der Waals surface area contributed by atoms with Gasteiger partial charge in [0, 0.05) is 38.6 Å². The summed E-state index contributed by atoms with van der Waals surface area (Å²) in [4.78, 5) is 16.1. The van der Waals surface area contributed by atoms with Crippen LogP contribution in [0, 0.1) is 0 Å². The quantitative estimate of drug-likeness (QED) is 0.176. The number of amidine groups is 2. The van der Waals surface area contributed by atoms with Crippen LogP contribution >= 0.6 is 0 Å². The number of benzene rings is 9. The molecule has 1 N–H and O–H groups in total. The Bertz CT molecular complexity index is 3500. The van der Waals surface area contributed by atoms with Crippen LogP contribution in [0.15, 0.2) is 228 Å². The topological polar surface area (TPSA) is 58.9 Å². The van der Waals surface area contributed by atoms with Gasteiger partial charge in [0.15, 0.2) is 6.17 Å². The Balaban J connectivity index is 1.05. The minimum absolute atomic E-state index is 0.507. The Hall–Kier alpha value is -8.41. The molecular formula is C59H38N4O. The van der Waals surface area contributed by atoms with Gasteiger partial charge in [0.25, 0.3) is 0 Å². The van der Waals surface area contributed by atoms with Crippen LogP contribution in [0.5, 0.6) is 11.5 Å². The highest BCUT2D eigenvalue weighted by Gasteiger charge is 2.51. The smallest absolute Gasteiger partial charge is 0.169 e. The number of para-hydroxylation sites is 2. The van der Waals surface area contributed by atoms with Gasteiger partial charge in [-0.2, -0.15) is 0 Å². The predicted octanol–water partition coefficient (Wildman–Crippen LogP) is 13.7. The summed E-state index contributed by atoms with van der Waals surface area (Å²) in [5.74, 6) is 3.30. The summed E-state index contributed by atoms with van der Waals surface area (Å²) in [5, 5.41) is 6.87. The second-order valence-electron chi connectivity index (χ2n) is 16.7. The molecule has 0 fully saturated rings. The number of rotatable bonds is 5. The van der Waals surface area contributed by atoms with Gasteiger partial charge in [0.1, 0.15) is 23.2 Å². The van der Waals surface area contributed by atoms with Gasteiger partial charge in [-0.25, -0.2) is 15.0 Å². The van der Waals surface area contributed by atoms with Crippen LogP contribution in [0.2, 0.25) is 0 Å². The van der Waals surface area contributed by atoms with E-state index in [1.165, 1.54) is 27.8 Å². The number of hydrogen-bond donors (Lipinski definition) is 1. The number of aliphatic imine (C=N–C) groups is 2. The first-order valence-corrected chi connectivity index (χ1v) is 21.8. The number of fused-ring (bicyclic) bond motifs is 12. The lowest BCUT2D eigenvalue weighted by Gasteiger charge is -2.39. The highest BCUT2D eigenvalue weighted by Crippen LogP contribution is 2.62. The molecule has 1 atom stereocenters. The van der Waals surface area contributed by atoms with Crippen LogP contribution in [0.25, 0.3) is 55.2 Å². The van der Waals surface area contributed by atoms with Crippen molar-refractivity contribution < 1.29 is 4.74 Å². The zero-order valence-corrected chi connectivity index (χ0v) is 34.6. The molecule has 300 valence electrons. The van der Waals surface area contributed by atoms with Crippen molar-refractivity contribution in [3.05, 3.63) is 257 Å². The highest BCUT2D eigenvalue weighted by atomic mass is 16.5. The van der Waals surface area contributed by atoms with E-state index in [-0.39, 0.29) is 0 Å². The van der Waals surface area contributed by atoms with Gasteiger partial charge in [-0.3, -0.25) is 0 Å². The zero-order chi connectivity index (χ0) is 42.2. The molecule has 0 amide bonds. The van der Waals surface area contributed by atoms with E-state index in [0.717, 1.165) is 89.5 Å². The summed E-state index contributed by atoms with van der Waals surface area (Å²) in [7, 11) is 0. The molecule has 1 aliphatic carbocycles. The fraction of sp³-hybridized carbons (Fsp3) is 0.0339. The van der Waals surface area contributed by atoms with E-state index in [4.69, 9.17) is 19.7 Å². The van der Waals surface area contributed by atoms with Gasteiger partial charge in [-0.1, -0.05) is 182 Å².